The Balaban J connectivity index is 1.80. The van der Waals surface area contributed by atoms with Crippen LogP contribution in [0.25, 0.3) is 0 Å². The van der Waals surface area contributed by atoms with Crippen molar-refractivity contribution in [3.8, 4) is 0 Å². The zero-order chi connectivity index (χ0) is 19.4. The molecule has 0 radical (unpaired) electrons. The number of nitro benzene ring substituents is 1. The molecule has 9 heteroatoms. The van der Waals surface area contributed by atoms with E-state index in [2.05, 4.69) is 9.82 Å². The van der Waals surface area contributed by atoms with Crippen molar-refractivity contribution in [1.29, 1.82) is 0 Å². The zero-order valence-electron chi connectivity index (χ0n) is 14.6. The normalized spacial score (nSPS) is 11.4. The third-order valence-electron chi connectivity index (χ3n) is 4.15. The molecular formula is C18H18N4O4S. The van der Waals surface area contributed by atoms with Crippen LogP contribution in [0.5, 0.6) is 0 Å². The number of nitrogens with one attached hydrogen (secondary N) is 1. The van der Waals surface area contributed by atoms with Gasteiger partial charge in [-0.05, 0) is 30.2 Å². The third kappa shape index (κ3) is 4.39. The SMILES string of the molecule is Cc1ccc(S(=O)(=O)NCc2ccccc2Cn2cccn2)cc1[N+](=O)[O-]. The molecular weight excluding hydrogens is 368 g/mol. The van der Waals surface area contributed by atoms with E-state index in [0.29, 0.717) is 12.1 Å². The van der Waals surface area contributed by atoms with Gasteiger partial charge in [0, 0.05) is 30.6 Å². The lowest BCUT2D eigenvalue weighted by Crippen LogP contribution is -2.24. The van der Waals surface area contributed by atoms with Gasteiger partial charge in [0.1, 0.15) is 0 Å². The highest BCUT2D eigenvalue weighted by molar-refractivity contribution is 7.89. The van der Waals surface area contributed by atoms with E-state index in [1.54, 1.807) is 17.8 Å². The van der Waals surface area contributed by atoms with Crippen molar-refractivity contribution in [3.05, 3.63) is 87.7 Å². The van der Waals surface area contributed by atoms with Gasteiger partial charge < -0.3 is 0 Å². The molecule has 0 aliphatic carbocycles. The molecule has 1 aromatic heterocycles. The largest absolute Gasteiger partial charge is 0.273 e. The highest BCUT2D eigenvalue weighted by Crippen LogP contribution is 2.22. The Bertz CT molecular complexity index is 1060. The fourth-order valence-corrected chi connectivity index (χ4v) is 3.69. The minimum Gasteiger partial charge on any atom is -0.268 e. The van der Waals surface area contributed by atoms with Gasteiger partial charge in [-0.3, -0.25) is 14.8 Å². The van der Waals surface area contributed by atoms with Crippen LogP contribution in [0.3, 0.4) is 0 Å². The highest BCUT2D eigenvalue weighted by Gasteiger charge is 2.20. The molecule has 0 atom stereocenters. The molecule has 1 N–H and O–H groups in total. The molecule has 27 heavy (non-hydrogen) atoms. The molecule has 0 amide bonds. The number of hydrogen-bond donors (Lipinski definition) is 1. The molecule has 1 heterocycles. The summed E-state index contributed by atoms with van der Waals surface area (Å²) in [6.45, 7) is 2.15. The van der Waals surface area contributed by atoms with Crippen LogP contribution in [0.2, 0.25) is 0 Å². The van der Waals surface area contributed by atoms with Crippen molar-refractivity contribution in [2.45, 2.75) is 24.9 Å². The molecule has 0 aliphatic heterocycles. The summed E-state index contributed by atoms with van der Waals surface area (Å²) in [4.78, 5) is 10.3. The lowest BCUT2D eigenvalue weighted by molar-refractivity contribution is -0.385. The lowest BCUT2D eigenvalue weighted by atomic mass is 10.1. The maximum absolute atomic E-state index is 12.6. The average molecular weight is 386 g/mol. The van der Waals surface area contributed by atoms with Crippen LogP contribution in [-0.4, -0.2) is 23.1 Å². The van der Waals surface area contributed by atoms with E-state index in [9.17, 15) is 18.5 Å². The number of benzene rings is 2. The molecule has 0 unspecified atom stereocenters. The Hall–Kier alpha value is -3.04. The first-order valence-electron chi connectivity index (χ1n) is 8.16. The third-order valence-corrected chi connectivity index (χ3v) is 5.55. The van der Waals surface area contributed by atoms with Crippen LogP contribution < -0.4 is 4.72 Å². The second-order valence-corrected chi connectivity index (χ2v) is 7.77. The van der Waals surface area contributed by atoms with Crippen LogP contribution in [0.1, 0.15) is 16.7 Å². The molecule has 0 spiro atoms. The molecule has 0 fully saturated rings. The summed E-state index contributed by atoms with van der Waals surface area (Å²) in [6, 6.07) is 13.1. The molecule has 2 aromatic carbocycles. The van der Waals surface area contributed by atoms with Crippen molar-refractivity contribution in [3.63, 3.8) is 0 Å². The van der Waals surface area contributed by atoms with Crippen molar-refractivity contribution < 1.29 is 13.3 Å². The van der Waals surface area contributed by atoms with E-state index in [1.165, 1.54) is 12.1 Å². The van der Waals surface area contributed by atoms with E-state index < -0.39 is 14.9 Å². The van der Waals surface area contributed by atoms with Crippen molar-refractivity contribution in [2.75, 3.05) is 0 Å². The van der Waals surface area contributed by atoms with Crippen molar-refractivity contribution >= 4 is 15.7 Å². The van der Waals surface area contributed by atoms with Gasteiger partial charge in [-0.25, -0.2) is 13.1 Å². The number of aromatic nitrogens is 2. The Morgan fingerprint density at radius 1 is 1.15 bits per heavy atom. The maximum atomic E-state index is 12.6. The van der Waals surface area contributed by atoms with E-state index in [0.717, 1.165) is 17.2 Å². The number of nitrogens with zero attached hydrogens (tertiary/aromatic N) is 3. The minimum atomic E-state index is -3.89. The minimum absolute atomic E-state index is 0.0709. The van der Waals surface area contributed by atoms with Gasteiger partial charge in [-0.1, -0.05) is 30.3 Å². The number of hydrogen-bond acceptors (Lipinski definition) is 5. The molecule has 3 rings (SSSR count). The predicted octanol–water partition coefficient (Wildman–Crippen LogP) is 2.63. The summed E-state index contributed by atoms with van der Waals surface area (Å²) < 4.78 is 29.4. The Morgan fingerprint density at radius 2 is 1.89 bits per heavy atom. The average Bonchev–Trinajstić information content (AvgIpc) is 3.14. The fourth-order valence-electron chi connectivity index (χ4n) is 2.66. The molecule has 0 aliphatic rings. The second kappa shape index (κ2) is 7.68. The van der Waals surface area contributed by atoms with E-state index in [-0.39, 0.29) is 17.1 Å². The van der Waals surface area contributed by atoms with Crippen LogP contribution in [0.15, 0.2) is 65.8 Å². The van der Waals surface area contributed by atoms with Gasteiger partial charge in [0.2, 0.25) is 10.0 Å². The van der Waals surface area contributed by atoms with Crippen LogP contribution in [-0.2, 0) is 23.1 Å². The van der Waals surface area contributed by atoms with Crippen LogP contribution >= 0.6 is 0 Å². The number of rotatable bonds is 7. The summed E-state index contributed by atoms with van der Waals surface area (Å²) in [5, 5.41) is 15.2. The lowest BCUT2D eigenvalue weighted by Gasteiger charge is -2.12. The Morgan fingerprint density at radius 3 is 2.56 bits per heavy atom. The topological polar surface area (TPSA) is 107 Å². The van der Waals surface area contributed by atoms with Gasteiger partial charge in [0.05, 0.1) is 16.4 Å². The van der Waals surface area contributed by atoms with Gasteiger partial charge >= 0.3 is 0 Å². The summed E-state index contributed by atoms with van der Waals surface area (Å²) in [5.41, 5.74) is 1.91. The maximum Gasteiger partial charge on any atom is 0.273 e. The highest BCUT2D eigenvalue weighted by atomic mass is 32.2. The van der Waals surface area contributed by atoms with E-state index in [4.69, 9.17) is 0 Å². The first-order valence-corrected chi connectivity index (χ1v) is 9.64. The molecule has 3 aromatic rings. The van der Waals surface area contributed by atoms with Crippen LogP contribution in [0.4, 0.5) is 5.69 Å². The smallest absolute Gasteiger partial charge is 0.268 e. The summed E-state index contributed by atoms with van der Waals surface area (Å²) in [5.74, 6) is 0. The number of aryl methyl sites for hydroxylation is 1. The van der Waals surface area contributed by atoms with Gasteiger partial charge in [-0.2, -0.15) is 5.10 Å². The summed E-state index contributed by atoms with van der Waals surface area (Å²) in [6.07, 6.45) is 3.50. The molecule has 140 valence electrons. The molecule has 0 saturated heterocycles. The monoisotopic (exact) mass is 386 g/mol. The second-order valence-electron chi connectivity index (χ2n) is 6.00. The number of sulfonamides is 1. The zero-order valence-corrected chi connectivity index (χ0v) is 15.4. The van der Waals surface area contributed by atoms with Crippen molar-refractivity contribution in [2.24, 2.45) is 0 Å². The molecule has 0 bridgehead atoms. The van der Waals surface area contributed by atoms with E-state index >= 15 is 0 Å². The summed E-state index contributed by atoms with van der Waals surface area (Å²) in [7, 11) is -3.89. The molecule has 8 nitrogen and oxygen atoms in total. The quantitative estimate of drug-likeness (QED) is 0.496. The van der Waals surface area contributed by atoms with Crippen molar-refractivity contribution in [1.82, 2.24) is 14.5 Å². The fraction of sp³-hybridized carbons (Fsp3) is 0.167. The van der Waals surface area contributed by atoms with Crippen LogP contribution in [0, 0.1) is 17.0 Å². The standard InChI is InChI=1S/C18H18N4O4S/c1-14-7-8-17(11-18(14)22(23)24)27(25,26)20-12-15-5-2-3-6-16(15)13-21-10-4-9-19-21/h2-11,20H,12-13H2,1H3. The Kier molecular flexibility index (Phi) is 5.33. The van der Waals surface area contributed by atoms with Gasteiger partial charge in [-0.15, -0.1) is 0 Å². The number of nitro groups is 1. The summed E-state index contributed by atoms with van der Waals surface area (Å²) >= 11 is 0. The van der Waals surface area contributed by atoms with E-state index in [1.807, 2.05) is 36.5 Å². The predicted molar refractivity (Wildman–Crippen MR) is 99.6 cm³/mol. The molecule has 0 saturated carbocycles. The first kappa shape index (κ1) is 18.7. The van der Waals surface area contributed by atoms with Gasteiger partial charge in [0.15, 0.2) is 0 Å². The Labute approximate surface area is 156 Å². The first-order chi connectivity index (χ1) is 12.9. The van der Waals surface area contributed by atoms with Gasteiger partial charge in [0.25, 0.3) is 5.69 Å².